The first-order valence-corrected chi connectivity index (χ1v) is 9.83. The van der Waals surface area contributed by atoms with Gasteiger partial charge < -0.3 is 9.73 Å². The highest BCUT2D eigenvalue weighted by Crippen LogP contribution is 2.33. The highest BCUT2D eigenvalue weighted by atomic mass is 16.3. The molecule has 1 aromatic heterocycles. The predicted molar refractivity (Wildman–Crippen MR) is 123 cm³/mol. The van der Waals surface area contributed by atoms with Gasteiger partial charge in [-0.05, 0) is 43.2 Å². The number of anilines is 1. The largest absolute Gasteiger partial charge is 0.454 e. The number of furan rings is 1. The zero-order valence-electron chi connectivity index (χ0n) is 17.0. The van der Waals surface area contributed by atoms with Crippen LogP contribution in [0.3, 0.4) is 0 Å². The Hall–Kier alpha value is -3.26. The van der Waals surface area contributed by atoms with Gasteiger partial charge in [0.2, 0.25) is 0 Å². The molecule has 3 aromatic carbocycles. The summed E-state index contributed by atoms with van der Waals surface area (Å²) in [6.07, 6.45) is 6.17. The summed E-state index contributed by atoms with van der Waals surface area (Å²) in [5, 5.41) is 5.65. The van der Waals surface area contributed by atoms with Crippen LogP contribution < -0.4 is 5.32 Å². The van der Waals surface area contributed by atoms with E-state index in [2.05, 4.69) is 73.8 Å². The molecule has 142 valence electrons. The lowest BCUT2D eigenvalue weighted by molar-refractivity contribution is 0.670. The maximum atomic E-state index is 6.05. The molecule has 28 heavy (non-hydrogen) atoms. The molecule has 0 aliphatic carbocycles. The molecular formula is C26H27NO. The lowest BCUT2D eigenvalue weighted by atomic mass is 10.0. The fraction of sp³-hybridized carbons (Fsp3) is 0.154. The summed E-state index contributed by atoms with van der Waals surface area (Å²) in [4.78, 5) is 0. The maximum absolute atomic E-state index is 6.05. The second kappa shape index (κ2) is 9.09. The van der Waals surface area contributed by atoms with Gasteiger partial charge in [-0.15, -0.1) is 0 Å². The summed E-state index contributed by atoms with van der Waals surface area (Å²) in [5.74, 6) is 0. The molecule has 0 atom stereocenters. The van der Waals surface area contributed by atoms with E-state index in [4.69, 9.17) is 4.42 Å². The lowest BCUT2D eigenvalue weighted by Crippen LogP contribution is -1.89. The second-order valence-corrected chi connectivity index (χ2v) is 6.37. The van der Waals surface area contributed by atoms with E-state index in [0.717, 1.165) is 27.6 Å². The standard InChI is InChI=1S/C24H21NO.C2H6/c1-3-18(19-13-11-17(2)12-14-19)15-16-25-22-9-6-8-21-20-7-4-5-10-23(20)26-24(21)22;1-2/h3-16,25H,1-2H3;1-2H3/b16-15-,18-3+;. The van der Waals surface area contributed by atoms with Gasteiger partial charge >= 0.3 is 0 Å². The first kappa shape index (κ1) is 19.5. The minimum atomic E-state index is 0.885. The third-order valence-corrected chi connectivity index (χ3v) is 4.60. The number of aryl methyl sites for hydroxylation is 1. The Morgan fingerprint density at radius 2 is 1.57 bits per heavy atom. The minimum absolute atomic E-state index is 0.885. The number of rotatable bonds is 4. The molecule has 0 aliphatic heterocycles. The van der Waals surface area contributed by atoms with E-state index in [1.165, 1.54) is 16.7 Å². The van der Waals surface area contributed by atoms with Crippen molar-refractivity contribution in [3.8, 4) is 0 Å². The zero-order chi connectivity index (χ0) is 19.9. The van der Waals surface area contributed by atoms with E-state index in [9.17, 15) is 0 Å². The monoisotopic (exact) mass is 369 g/mol. The Bertz CT molecular complexity index is 1110. The molecule has 0 amide bonds. The molecule has 1 N–H and O–H groups in total. The highest BCUT2D eigenvalue weighted by Gasteiger charge is 2.09. The number of nitrogens with one attached hydrogen (secondary N) is 1. The smallest absolute Gasteiger partial charge is 0.158 e. The van der Waals surface area contributed by atoms with Gasteiger partial charge in [0.15, 0.2) is 5.58 Å². The summed E-state index contributed by atoms with van der Waals surface area (Å²) >= 11 is 0. The van der Waals surface area contributed by atoms with Crippen molar-refractivity contribution in [1.29, 1.82) is 0 Å². The van der Waals surface area contributed by atoms with Crippen molar-refractivity contribution >= 4 is 33.2 Å². The molecule has 2 nitrogen and oxygen atoms in total. The number of hydrogen-bond acceptors (Lipinski definition) is 2. The number of para-hydroxylation sites is 2. The van der Waals surface area contributed by atoms with Crippen molar-refractivity contribution in [1.82, 2.24) is 0 Å². The summed E-state index contributed by atoms with van der Waals surface area (Å²) in [6, 6.07) is 22.9. The van der Waals surface area contributed by atoms with Crippen LogP contribution in [0.15, 0.2) is 89.5 Å². The van der Waals surface area contributed by atoms with Gasteiger partial charge in [0.05, 0.1) is 5.69 Å². The van der Waals surface area contributed by atoms with Crippen molar-refractivity contribution in [3.05, 3.63) is 96.2 Å². The molecule has 2 heteroatoms. The average molecular weight is 370 g/mol. The van der Waals surface area contributed by atoms with Gasteiger partial charge in [0.25, 0.3) is 0 Å². The fourth-order valence-corrected chi connectivity index (χ4v) is 3.19. The van der Waals surface area contributed by atoms with Crippen LogP contribution >= 0.6 is 0 Å². The Morgan fingerprint density at radius 3 is 2.32 bits per heavy atom. The SMILES string of the molecule is C/C=C(\C=C/Nc1cccc2c1oc1ccccc12)c1ccc(C)cc1.CC. The van der Waals surface area contributed by atoms with Crippen LogP contribution in [0.2, 0.25) is 0 Å². The Morgan fingerprint density at radius 1 is 0.857 bits per heavy atom. The van der Waals surface area contributed by atoms with E-state index in [-0.39, 0.29) is 0 Å². The van der Waals surface area contributed by atoms with Crippen molar-refractivity contribution in [3.63, 3.8) is 0 Å². The van der Waals surface area contributed by atoms with Gasteiger partial charge in [-0.3, -0.25) is 0 Å². The van der Waals surface area contributed by atoms with Gasteiger partial charge in [-0.2, -0.15) is 0 Å². The van der Waals surface area contributed by atoms with E-state index in [1.807, 2.05) is 44.3 Å². The summed E-state index contributed by atoms with van der Waals surface area (Å²) < 4.78 is 6.05. The number of allylic oxidation sites excluding steroid dienone is 3. The summed E-state index contributed by atoms with van der Waals surface area (Å²) in [5.41, 5.74) is 6.41. The van der Waals surface area contributed by atoms with Crippen LogP contribution in [-0.2, 0) is 0 Å². The van der Waals surface area contributed by atoms with E-state index in [1.54, 1.807) is 0 Å². The van der Waals surface area contributed by atoms with Crippen molar-refractivity contribution < 1.29 is 4.42 Å². The van der Waals surface area contributed by atoms with Gasteiger partial charge in [0.1, 0.15) is 5.58 Å². The molecule has 0 bridgehead atoms. The Kier molecular flexibility index (Phi) is 6.33. The van der Waals surface area contributed by atoms with Crippen molar-refractivity contribution in [2.24, 2.45) is 0 Å². The number of fused-ring (bicyclic) bond motifs is 3. The average Bonchev–Trinajstić information content (AvgIpc) is 3.13. The maximum Gasteiger partial charge on any atom is 0.158 e. The Labute approximate surface area is 167 Å². The molecule has 0 unspecified atom stereocenters. The molecule has 0 radical (unpaired) electrons. The lowest BCUT2D eigenvalue weighted by Gasteiger charge is -2.04. The van der Waals surface area contributed by atoms with E-state index in [0.29, 0.717) is 0 Å². The normalized spacial score (nSPS) is 11.6. The number of hydrogen-bond donors (Lipinski definition) is 1. The molecule has 0 aliphatic rings. The molecule has 1 heterocycles. The van der Waals surface area contributed by atoms with Crippen LogP contribution in [0, 0.1) is 6.92 Å². The van der Waals surface area contributed by atoms with Crippen LogP contribution in [0.4, 0.5) is 5.69 Å². The van der Waals surface area contributed by atoms with Crippen molar-refractivity contribution in [2.75, 3.05) is 5.32 Å². The summed E-state index contributed by atoms with van der Waals surface area (Å²) in [7, 11) is 0. The van der Waals surface area contributed by atoms with Gasteiger partial charge in [-0.1, -0.05) is 80.1 Å². The number of benzene rings is 3. The van der Waals surface area contributed by atoms with Gasteiger partial charge in [-0.25, -0.2) is 0 Å². The summed E-state index contributed by atoms with van der Waals surface area (Å²) in [6.45, 7) is 8.16. The fourth-order valence-electron chi connectivity index (χ4n) is 3.19. The molecule has 0 saturated carbocycles. The zero-order valence-corrected chi connectivity index (χ0v) is 17.0. The predicted octanol–water partition coefficient (Wildman–Crippen LogP) is 7.95. The minimum Gasteiger partial charge on any atom is -0.454 e. The molecular weight excluding hydrogens is 342 g/mol. The second-order valence-electron chi connectivity index (χ2n) is 6.37. The van der Waals surface area contributed by atoms with Crippen LogP contribution in [-0.4, -0.2) is 0 Å². The molecule has 4 aromatic rings. The first-order valence-electron chi connectivity index (χ1n) is 9.83. The molecule has 4 rings (SSSR count). The van der Waals surface area contributed by atoms with Crippen LogP contribution in [0.5, 0.6) is 0 Å². The van der Waals surface area contributed by atoms with Crippen molar-refractivity contribution in [2.45, 2.75) is 27.7 Å². The topological polar surface area (TPSA) is 25.2 Å². The van der Waals surface area contributed by atoms with Gasteiger partial charge in [0, 0.05) is 17.0 Å². The third kappa shape index (κ3) is 4.01. The van der Waals surface area contributed by atoms with E-state index >= 15 is 0 Å². The molecule has 0 saturated heterocycles. The van der Waals surface area contributed by atoms with Crippen LogP contribution in [0.25, 0.3) is 27.5 Å². The van der Waals surface area contributed by atoms with Crippen LogP contribution in [0.1, 0.15) is 31.9 Å². The van der Waals surface area contributed by atoms with E-state index < -0.39 is 0 Å². The highest BCUT2D eigenvalue weighted by molar-refractivity contribution is 6.08. The first-order chi connectivity index (χ1) is 13.8. The third-order valence-electron chi connectivity index (χ3n) is 4.60. The quantitative estimate of drug-likeness (QED) is 0.369. The Balaban J connectivity index is 0.00000109. The molecule has 0 spiro atoms. The molecule has 0 fully saturated rings.